The second-order valence-electron chi connectivity index (χ2n) is 1.71. The molecule has 0 aliphatic heterocycles. The fourth-order valence-corrected chi connectivity index (χ4v) is 0.295. The van der Waals surface area contributed by atoms with E-state index in [9.17, 15) is 0 Å². The van der Waals surface area contributed by atoms with Gasteiger partial charge in [-0.1, -0.05) is 12.7 Å². The topological polar surface area (TPSA) is 12.4 Å². The van der Waals surface area contributed by atoms with Crippen molar-refractivity contribution in [2.75, 3.05) is 6.54 Å². The molecule has 0 rings (SSSR count). The highest BCUT2D eigenvalue weighted by atomic mass is 14.7. The molecule has 0 aromatic heterocycles. The second kappa shape index (κ2) is 3.91. The highest BCUT2D eigenvalue weighted by Gasteiger charge is 1.87. The van der Waals surface area contributed by atoms with Crippen molar-refractivity contribution in [2.24, 2.45) is 4.99 Å². The predicted octanol–water partition coefficient (Wildman–Crippen LogP) is 1.05. The van der Waals surface area contributed by atoms with Gasteiger partial charge in [-0.05, 0) is 13.1 Å². The second-order valence-corrected chi connectivity index (χ2v) is 1.71. The quantitative estimate of drug-likeness (QED) is 0.367. The van der Waals surface area contributed by atoms with Gasteiger partial charge in [0.1, 0.15) is 0 Å². The summed E-state index contributed by atoms with van der Waals surface area (Å²) < 4.78 is 0. The van der Waals surface area contributed by atoms with Crippen LogP contribution in [0.3, 0.4) is 0 Å². The first-order valence-electron chi connectivity index (χ1n) is 2.45. The Labute approximate surface area is 46.2 Å². The molecule has 0 heterocycles. The van der Waals surface area contributed by atoms with Gasteiger partial charge in [-0.3, -0.25) is 0 Å². The molecule has 1 nitrogen and oxygen atoms in total. The number of rotatable bonds is 3. The van der Waals surface area contributed by atoms with E-state index in [-0.39, 0.29) is 5.82 Å². The number of nitrogens with zero attached hydrogens (tertiary/aromatic N) is 1. The number of hydrogen-bond donors (Lipinski definition) is 0. The van der Waals surface area contributed by atoms with Crippen LogP contribution in [0.25, 0.3) is 0 Å². The van der Waals surface area contributed by atoms with Crippen LogP contribution in [0.1, 0.15) is 13.3 Å². The Hall–Kier alpha value is -0.265. The van der Waals surface area contributed by atoms with Crippen LogP contribution in [0.15, 0.2) is 4.99 Å². The molecule has 38 valence electrons. The zero-order valence-corrected chi connectivity index (χ0v) is 4.72. The summed E-state index contributed by atoms with van der Waals surface area (Å²) in [4.78, 5) is 3.65. The predicted molar refractivity (Wildman–Crippen MR) is 34.2 cm³/mol. The average molecular weight is 95.0 g/mol. The SMILES string of the molecule is [B][C@H](C)CCN=C. The summed E-state index contributed by atoms with van der Waals surface area (Å²) in [5.74, 6) is 0.269. The van der Waals surface area contributed by atoms with Gasteiger partial charge < -0.3 is 4.99 Å². The molecule has 0 fully saturated rings. The maximum absolute atomic E-state index is 5.39. The van der Waals surface area contributed by atoms with Gasteiger partial charge >= 0.3 is 0 Å². The van der Waals surface area contributed by atoms with E-state index in [1.807, 2.05) is 6.92 Å². The molecule has 0 N–H and O–H groups in total. The summed E-state index contributed by atoms with van der Waals surface area (Å²) in [5.41, 5.74) is 0. The average Bonchev–Trinajstić information content (AvgIpc) is 1.61. The van der Waals surface area contributed by atoms with Crippen molar-refractivity contribution < 1.29 is 0 Å². The highest BCUT2D eigenvalue weighted by molar-refractivity contribution is 6.11. The van der Waals surface area contributed by atoms with E-state index >= 15 is 0 Å². The van der Waals surface area contributed by atoms with Crippen LogP contribution in [0.5, 0.6) is 0 Å². The lowest BCUT2D eigenvalue weighted by atomic mass is 9.87. The standard InChI is InChI=1S/C5H10BN/c1-5(6)3-4-7-2/h5H,2-4H2,1H3/t5-/m1/s1. The van der Waals surface area contributed by atoms with Crippen molar-refractivity contribution in [2.45, 2.75) is 19.2 Å². The van der Waals surface area contributed by atoms with Crippen molar-refractivity contribution in [3.8, 4) is 0 Å². The van der Waals surface area contributed by atoms with Crippen molar-refractivity contribution in [1.82, 2.24) is 0 Å². The van der Waals surface area contributed by atoms with E-state index in [0.717, 1.165) is 13.0 Å². The van der Waals surface area contributed by atoms with Gasteiger partial charge in [0.2, 0.25) is 0 Å². The van der Waals surface area contributed by atoms with E-state index in [1.165, 1.54) is 0 Å². The van der Waals surface area contributed by atoms with Crippen LogP contribution in [-0.4, -0.2) is 21.1 Å². The van der Waals surface area contributed by atoms with Crippen molar-refractivity contribution >= 4 is 14.6 Å². The van der Waals surface area contributed by atoms with Crippen molar-refractivity contribution in [3.63, 3.8) is 0 Å². The molecular formula is C5H10BN. The lowest BCUT2D eigenvalue weighted by molar-refractivity contribution is 0.808. The van der Waals surface area contributed by atoms with Crippen LogP contribution in [0.4, 0.5) is 0 Å². The smallest absolute Gasteiger partial charge is 0.0696 e. The largest absolute Gasteiger partial charge is 0.301 e. The minimum atomic E-state index is 0.269. The third kappa shape index (κ3) is 5.73. The Morgan fingerprint density at radius 2 is 2.43 bits per heavy atom. The highest BCUT2D eigenvalue weighted by Crippen LogP contribution is 2.00. The molecule has 0 aliphatic carbocycles. The molecule has 7 heavy (non-hydrogen) atoms. The van der Waals surface area contributed by atoms with Crippen LogP contribution in [0.2, 0.25) is 5.82 Å². The Kier molecular flexibility index (Phi) is 3.76. The van der Waals surface area contributed by atoms with Crippen molar-refractivity contribution in [3.05, 3.63) is 0 Å². The summed E-state index contributed by atoms with van der Waals surface area (Å²) >= 11 is 0. The Morgan fingerprint density at radius 1 is 1.86 bits per heavy atom. The van der Waals surface area contributed by atoms with Gasteiger partial charge in [0.05, 0.1) is 7.85 Å². The molecule has 0 saturated heterocycles. The first-order chi connectivity index (χ1) is 3.27. The molecule has 0 aromatic rings. The summed E-state index contributed by atoms with van der Waals surface area (Å²) in [7, 11) is 5.39. The monoisotopic (exact) mass is 95.1 g/mol. The lowest BCUT2D eigenvalue weighted by Crippen LogP contribution is -1.87. The molecule has 2 heteroatoms. The van der Waals surface area contributed by atoms with E-state index in [4.69, 9.17) is 7.85 Å². The zero-order chi connectivity index (χ0) is 5.70. The van der Waals surface area contributed by atoms with Gasteiger partial charge in [-0.2, -0.15) is 0 Å². The van der Waals surface area contributed by atoms with Crippen LogP contribution in [0, 0.1) is 0 Å². The molecule has 0 aromatic carbocycles. The lowest BCUT2D eigenvalue weighted by Gasteiger charge is -1.96. The Morgan fingerprint density at radius 3 is 2.57 bits per heavy atom. The molecule has 0 saturated carbocycles. The van der Waals surface area contributed by atoms with Gasteiger partial charge in [-0.15, -0.1) is 0 Å². The fourth-order valence-electron chi connectivity index (χ4n) is 0.295. The number of aliphatic imine (C=N–C) groups is 1. The van der Waals surface area contributed by atoms with Gasteiger partial charge in [-0.25, -0.2) is 0 Å². The van der Waals surface area contributed by atoms with Gasteiger partial charge in [0.15, 0.2) is 0 Å². The minimum Gasteiger partial charge on any atom is -0.301 e. The molecule has 0 unspecified atom stereocenters. The van der Waals surface area contributed by atoms with Gasteiger partial charge in [0.25, 0.3) is 0 Å². The summed E-state index contributed by atoms with van der Waals surface area (Å²) in [6.07, 6.45) is 0.948. The van der Waals surface area contributed by atoms with Crippen LogP contribution in [-0.2, 0) is 0 Å². The minimum absolute atomic E-state index is 0.269. The zero-order valence-electron chi connectivity index (χ0n) is 4.72. The number of hydrogen-bond acceptors (Lipinski definition) is 1. The first-order valence-corrected chi connectivity index (χ1v) is 2.45. The molecule has 0 bridgehead atoms. The molecule has 0 spiro atoms. The Balaban J connectivity index is 2.81. The van der Waals surface area contributed by atoms with Crippen molar-refractivity contribution in [1.29, 1.82) is 0 Å². The fraction of sp³-hybridized carbons (Fsp3) is 0.800. The van der Waals surface area contributed by atoms with Gasteiger partial charge in [0, 0.05) is 6.54 Å². The maximum Gasteiger partial charge on any atom is 0.0696 e. The maximum atomic E-state index is 5.39. The molecule has 1 atom stereocenters. The van der Waals surface area contributed by atoms with Crippen LogP contribution >= 0.6 is 0 Å². The molecule has 0 aliphatic rings. The summed E-state index contributed by atoms with van der Waals surface area (Å²) in [5, 5.41) is 0. The van der Waals surface area contributed by atoms with E-state index in [0.29, 0.717) is 0 Å². The third-order valence-electron chi connectivity index (χ3n) is 0.743. The van der Waals surface area contributed by atoms with Crippen LogP contribution < -0.4 is 0 Å². The van der Waals surface area contributed by atoms with E-state index in [1.54, 1.807) is 0 Å². The summed E-state index contributed by atoms with van der Waals surface area (Å²) in [6.45, 7) is 6.08. The molecular weight excluding hydrogens is 84.9 g/mol. The third-order valence-corrected chi connectivity index (χ3v) is 0.743. The Bertz CT molecular complexity index is 52.0. The molecule has 2 radical (unpaired) electrons. The van der Waals surface area contributed by atoms with E-state index in [2.05, 4.69) is 11.7 Å². The van der Waals surface area contributed by atoms with E-state index < -0.39 is 0 Å². The molecule has 0 amide bonds. The summed E-state index contributed by atoms with van der Waals surface area (Å²) in [6, 6.07) is 0. The first kappa shape index (κ1) is 6.73. The normalized spacial score (nSPS) is 13.3.